The lowest BCUT2D eigenvalue weighted by atomic mass is 9.94. The second-order valence-electron chi connectivity index (χ2n) is 22.6. The van der Waals surface area contributed by atoms with Crippen LogP contribution in [0.2, 0.25) is 10.1 Å². The molecule has 4 amide bonds. The SMILES string of the molecule is CC[C@]1(C)NC(=O)[C@H](CCC=CCC(=O)[C@@H](C)O[Si](c2ccccc2)(c2ccccc2)C(C)(C)C)NC(=O)[C@H]2CCCN2C(=O)[C@H](Cc2ccc(CO[Si](c3ccccc3)(c3ccccc3)C(C)(C)C)cc2)NC1=O. The summed E-state index contributed by atoms with van der Waals surface area (Å²) in [4.78, 5) is 72.7. The van der Waals surface area contributed by atoms with E-state index in [1.807, 2.05) is 85.8 Å². The van der Waals surface area contributed by atoms with E-state index in [0.29, 0.717) is 32.4 Å². The van der Waals surface area contributed by atoms with E-state index in [9.17, 15) is 24.0 Å². The summed E-state index contributed by atoms with van der Waals surface area (Å²) in [5, 5.41) is 13.0. The molecule has 0 bridgehead atoms. The average molecular weight is 1050 g/mol. The van der Waals surface area contributed by atoms with Crippen LogP contribution in [0.15, 0.2) is 158 Å². The molecule has 2 fully saturated rings. The van der Waals surface area contributed by atoms with E-state index in [2.05, 4.69) is 130 Å². The smallest absolute Gasteiger partial charge is 0.262 e. The van der Waals surface area contributed by atoms with Gasteiger partial charge in [0.1, 0.15) is 29.8 Å². The molecular weight excluding hydrogens is 969 g/mol. The van der Waals surface area contributed by atoms with Crippen LogP contribution in [0.4, 0.5) is 0 Å². The topological polar surface area (TPSA) is 143 Å². The van der Waals surface area contributed by atoms with E-state index in [-0.39, 0.29) is 47.5 Å². The van der Waals surface area contributed by atoms with Crippen LogP contribution in [-0.4, -0.2) is 87.3 Å². The first kappa shape index (κ1) is 56.5. The van der Waals surface area contributed by atoms with Gasteiger partial charge < -0.3 is 29.7 Å². The highest BCUT2D eigenvalue weighted by Crippen LogP contribution is 2.39. The first-order chi connectivity index (χ1) is 35.7. The maximum Gasteiger partial charge on any atom is 0.262 e. The first-order valence-electron chi connectivity index (χ1n) is 26.8. The van der Waals surface area contributed by atoms with E-state index in [4.69, 9.17) is 8.85 Å². The Morgan fingerprint density at radius 1 is 0.680 bits per heavy atom. The summed E-state index contributed by atoms with van der Waals surface area (Å²) in [5.41, 5.74) is 0.407. The highest BCUT2D eigenvalue weighted by Gasteiger charge is 2.52. The van der Waals surface area contributed by atoms with Gasteiger partial charge in [0.15, 0.2) is 5.78 Å². The van der Waals surface area contributed by atoms with Crippen molar-refractivity contribution < 1.29 is 32.8 Å². The number of Topliss-reactive ketones (excluding diaryl/α,β-unsaturated/α-hetero) is 1. The van der Waals surface area contributed by atoms with Gasteiger partial charge in [-0.25, -0.2) is 0 Å². The predicted molar refractivity (Wildman–Crippen MR) is 304 cm³/mol. The van der Waals surface area contributed by atoms with Crippen LogP contribution in [0.1, 0.15) is 112 Å². The largest absolute Gasteiger partial charge is 0.403 e. The zero-order valence-corrected chi connectivity index (χ0v) is 47.5. The molecule has 0 spiro atoms. The van der Waals surface area contributed by atoms with Crippen molar-refractivity contribution in [3.8, 4) is 0 Å². The number of amides is 4. The molecule has 2 aliphatic rings. The third kappa shape index (κ3) is 12.6. The molecule has 13 heteroatoms. The van der Waals surface area contributed by atoms with Crippen LogP contribution in [0.25, 0.3) is 0 Å². The van der Waals surface area contributed by atoms with Crippen LogP contribution < -0.4 is 36.7 Å². The Morgan fingerprint density at radius 2 is 1.17 bits per heavy atom. The molecule has 5 atom stereocenters. The molecule has 5 aromatic carbocycles. The van der Waals surface area contributed by atoms with Crippen LogP contribution in [-0.2, 0) is 45.9 Å². The van der Waals surface area contributed by atoms with Gasteiger partial charge in [0, 0.05) is 19.4 Å². The number of nitrogens with one attached hydrogen (secondary N) is 3. The van der Waals surface area contributed by atoms with Crippen molar-refractivity contribution in [2.24, 2.45) is 0 Å². The lowest BCUT2D eigenvalue weighted by Gasteiger charge is -2.44. The molecule has 0 aliphatic carbocycles. The minimum Gasteiger partial charge on any atom is -0.403 e. The van der Waals surface area contributed by atoms with Crippen molar-refractivity contribution in [2.45, 2.75) is 154 Å². The van der Waals surface area contributed by atoms with Crippen molar-refractivity contribution >= 4 is 66.8 Å². The van der Waals surface area contributed by atoms with E-state index in [1.165, 1.54) is 10.4 Å². The number of allylic oxidation sites excluding steroid dienone is 2. The zero-order chi connectivity index (χ0) is 54.0. The Hall–Kier alpha value is -6.26. The second kappa shape index (κ2) is 24.2. The van der Waals surface area contributed by atoms with E-state index in [0.717, 1.165) is 21.5 Å². The van der Waals surface area contributed by atoms with Gasteiger partial charge >= 0.3 is 0 Å². The number of nitrogens with zero attached hydrogens (tertiary/aromatic N) is 1. The molecule has 2 aliphatic heterocycles. The normalized spacial score (nSPS) is 20.6. The van der Waals surface area contributed by atoms with E-state index >= 15 is 0 Å². The third-order valence-electron chi connectivity index (χ3n) is 15.3. The number of benzene rings is 5. The molecule has 2 saturated heterocycles. The molecule has 7 rings (SSSR count). The molecule has 11 nitrogen and oxygen atoms in total. The maximum atomic E-state index is 14.6. The van der Waals surface area contributed by atoms with E-state index < -0.39 is 64.1 Å². The Kier molecular flexibility index (Phi) is 18.2. The van der Waals surface area contributed by atoms with Crippen molar-refractivity contribution in [3.63, 3.8) is 0 Å². The highest BCUT2D eigenvalue weighted by molar-refractivity contribution is 7.00. The van der Waals surface area contributed by atoms with Gasteiger partial charge in [-0.2, -0.15) is 0 Å². The molecule has 396 valence electrons. The molecule has 2 heterocycles. The van der Waals surface area contributed by atoms with Crippen LogP contribution in [0.5, 0.6) is 0 Å². The molecule has 3 N–H and O–H groups in total. The fourth-order valence-electron chi connectivity index (χ4n) is 11.0. The van der Waals surface area contributed by atoms with Crippen LogP contribution in [0, 0.1) is 0 Å². The van der Waals surface area contributed by atoms with Crippen molar-refractivity contribution in [1.82, 2.24) is 20.9 Å². The third-order valence-corrected chi connectivity index (χ3v) is 25.4. The fraction of sp³-hybridized carbons (Fsp3) is 0.403. The second-order valence-corrected chi connectivity index (χ2v) is 31.1. The van der Waals surface area contributed by atoms with Crippen LogP contribution >= 0.6 is 0 Å². The van der Waals surface area contributed by atoms with Gasteiger partial charge in [-0.3, -0.25) is 24.0 Å². The summed E-state index contributed by atoms with van der Waals surface area (Å²) in [6.45, 7) is 19.3. The Bertz CT molecular complexity index is 2680. The number of hydrogen-bond acceptors (Lipinski definition) is 7. The fourth-order valence-corrected chi connectivity index (χ4v) is 20.2. The summed E-state index contributed by atoms with van der Waals surface area (Å²) < 4.78 is 14.2. The van der Waals surface area contributed by atoms with Crippen molar-refractivity contribution in [2.75, 3.05) is 6.54 Å². The predicted octanol–water partition coefficient (Wildman–Crippen LogP) is 7.83. The average Bonchev–Trinajstić information content (AvgIpc) is 3.90. The molecule has 0 saturated carbocycles. The number of carbonyl (C=O) groups is 5. The van der Waals surface area contributed by atoms with Gasteiger partial charge in [0.25, 0.3) is 16.6 Å². The van der Waals surface area contributed by atoms with Crippen molar-refractivity contribution in [1.29, 1.82) is 0 Å². The van der Waals surface area contributed by atoms with Crippen LogP contribution in [0.3, 0.4) is 0 Å². The Morgan fingerprint density at radius 3 is 1.67 bits per heavy atom. The highest BCUT2D eigenvalue weighted by atomic mass is 28.4. The molecular formula is C62H78N4O7Si2. The summed E-state index contributed by atoms with van der Waals surface area (Å²) in [5.74, 6) is -1.81. The minimum absolute atomic E-state index is 0.0703. The number of carbonyl (C=O) groups excluding carboxylic acids is 5. The number of ketones is 1. The zero-order valence-electron chi connectivity index (χ0n) is 45.5. The summed E-state index contributed by atoms with van der Waals surface area (Å²) >= 11 is 0. The summed E-state index contributed by atoms with van der Waals surface area (Å²) in [7, 11) is -5.75. The number of rotatable bonds is 18. The van der Waals surface area contributed by atoms with Gasteiger partial charge in [-0.1, -0.05) is 206 Å². The van der Waals surface area contributed by atoms with Gasteiger partial charge in [-0.15, -0.1) is 0 Å². The Balaban J connectivity index is 1.02. The minimum atomic E-state index is -2.96. The molecule has 0 aromatic heterocycles. The van der Waals surface area contributed by atoms with Gasteiger partial charge in [-0.05, 0) is 87.9 Å². The quantitative estimate of drug-likeness (QED) is 0.0600. The van der Waals surface area contributed by atoms with Gasteiger partial charge in [0.05, 0.1) is 6.61 Å². The molecule has 75 heavy (non-hydrogen) atoms. The number of hydrogen-bond donors (Lipinski definition) is 3. The lowest BCUT2D eigenvalue weighted by molar-refractivity contribution is -0.144. The van der Waals surface area contributed by atoms with E-state index in [1.54, 1.807) is 24.8 Å². The lowest BCUT2D eigenvalue weighted by Crippen LogP contribution is -2.68. The van der Waals surface area contributed by atoms with Gasteiger partial charge in [0.2, 0.25) is 23.6 Å². The standard InChI is InChI=1S/C62H78N4O7Si2/c1-10-62(9)59(71)64-53(43-46-38-40-47(41-39-46)44-72-74(60(3,4)5,48-27-16-11-17-28-48)49-29-18-12-19-30-49)58(70)66-42-26-36-54(66)57(69)63-52(56(68)65-62)35-24-15-25-37-55(67)45(2)73-75(61(6,7)8,50-31-20-13-21-32-50)51-33-22-14-23-34-51/h11-23,25,27-34,38-41,45,52-54H,10,24,26,35-37,42-44H2,1-9H3,(H,63,69)(H,64,71)(H,65,68)/t45-,52+,53+,54-,62+/m1/s1. The van der Waals surface area contributed by atoms with Crippen molar-refractivity contribution in [3.05, 3.63) is 169 Å². The summed E-state index contributed by atoms with van der Waals surface area (Å²) in [6, 6.07) is 46.6. The first-order valence-corrected chi connectivity index (χ1v) is 30.6. The monoisotopic (exact) mass is 1050 g/mol. The summed E-state index contributed by atoms with van der Waals surface area (Å²) in [6.07, 6.45) is 5.08. The maximum absolute atomic E-state index is 14.6. The number of fused-ring (bicyclic) bond motifs is 1. The molecule has 5 aromatic rings. The molecule has 0 unspecified atom stereocenters. The molecule has 0 radical (unpaired) electrons. The Labute approximate surface area is 447 Å².